The number of thioether (sulfide) groups is 1. The normalized spacial score (nSPS) is 14.8. The molecule has 7 heteroatoms. The van der Waals surface area contributed by atoms with Crippen LogP contribution in [0.3, 0.4) is 0 Å². The molecule has 1 aliphatic rings. The summed E-state index contributed by atoms with van der Waals surface area (Å²) in [6.07, 6.45) is 1.67. The molecule has 0 saturated carbocycles. The molecule has 2 amide bonds. The fraction of sp³-hybridized carbons (Fsp3) is 0.154. The maximum Gasteiger partial charge on any atom is 0.293 e. The molecule has 5 nitrogen and oxygen atoms in total. The van der Waals surface area contributed by atoms with Crippen molar-refractivity contribution in [3.63, 3.8) is 0 Å². The average Bonchev–Trinajstić information content (AvgIpc) is 3.06. The first-order valence-electron chi connectivity index (χ1n) is 10.3. The van der Waals surface area contributed by atoms with Gasteiger partial charge in [0, 0.05) is 16.1 Å². The van der Waals surface area contributed by atoms with Gasteiger partial charge in [-0.15, -0.1) is 0 Å². The second-order valence-electron chi connectivity index (χ2n) is 7.52. The van der Waals surface area contributed by atoms with E-state index in [4.69, 9.17) is 21.1 Å². The predicted molar refractivity (Wildman–Crippen MR) is 131 cm³/mol. The summed E-state index contributed by atoms with van der Waals surface area (Å²) in [5.74, 6) is 0.673. The first kappa shape index (κ1) is 23.0. The van der Waals surface area contributed by atoms with Gasteiger partial charge < -0.3 is 9.47 Å². The van der Waals surface area contributed by atoms with Crippen LogP contribution in [-0.2, 0) is 17.9 Å². The van der Waals surface area contributed by atoms with E-state index in [9.17, 15) is 9.59 Å². The number of amides is 2. The Hall–Kier alpha value is -3.22. The van der Waals surface area contributed by atoms with Crippen LogP contribution in [0.4, 0.5) is 4.79 Å². The highest BCUT2D eigenvalue weighted by atomic mass is 35.5. The van der Waals surface area contributed by atoms with Crippen LogP contribution in [0, 0.1) is 6.92 Å². The molecule has 0 unspecified atom stereocenters. The summed E-state index contributed by atoms with van der Waals surface area (Å²) in [6, 6.07) is 20.6. The van der Waals surface area contributed by atoms with E-state index in [1.54, 1.807) is 25.3 Å². The Kier molecular flexibility index (Phi) is 7.06. The highest BCUT2D eigenvalue weighted by Crippen LogP contribution is 2.38. The van der Waals surface area contributed by atoms with Gasteiger partial charge in [0.1, 0.15) is 6.61 Å². The maximum atomic E-state index is 13.0. The van der Waals surface area contributed by atoms with Crippen molar-refractivity contribution >= 4 is 40.6 Å². The number of benzene rings is 3. The van der Waals surface area contributed by atoms with E-state index in [0.29, 0.717) is 27.0 Å². The van der Waals surface area contributed by atoms with Crippen LogP contribution in [0.1, 0.15) is 22.3 Å². The molecule has 0 radical (unpaired) electrons. The van der Waals surface area contributed by atoms with Crippen LogP contribution in [0.15, 0.2) is 71.6 Å². The number of ether oxygens (including phenoxy) is 2. The summed E-state index contributed by atoms with van der Waals surface area (Å²) >= 11 is 7.17. The summed E-state index contributed by atoms with van der Waals surface area (Å²) in [7, 11) is 1.55. The van der Waals surface area contributed by atoms with Gasteiger partial charge in [-0.1, -0.05) is 71.8 Å². The van der Waals surface area contributed by atoms with E-state index in [1.165, 1.54) is 4.90 Å². The molecular formula is C26H22ClNO4S. The molecule has 0 N–H and O–H groups in total. The molecule has 1 heterocycles. The monoisotopic (exact) mass is 479 g/mol. The molecular weight excluding hydrogens is 458 g/mol. The topological polar surface area (TPSA) is 55.8 Å². The number of carbonyl (C=O) groups excluding carboxylic acids is 2. The Morgan fingerprint density at radius 2 is 1.82 bits per heavy atom. The van der Waals surface area contributed by atoms with E-state index in [2.05, 4.69) is 0 Å². The van der Waals surface area contributed by atoms with Gasteiger partial charge in [-0.2, -0.15) is 0 Å². The molecule has 0 aromatic heterocycles. The van der Waals surface area contributed by atoms with Crippen molar-refractivity contribution in [2.45, 2.75) is 20.1 Å². The molecule has 0 bridgehead atoms. The van der Waals surface area contributed by atoms with Gasteiger partial charge in [0.05, 0.1) is 18.6 Å². The Morgan fingerprint density at radius 3 is 2.58 bits per heavy atom. The van der Waals surface area contributed by atoms with Crippen molar-refractivity contribution < 1.29 is 19.1 Å². The summed E-state index contributed by atoms with van der Waals surface area (Å²) in [6.45, 7) is 2.44. The highest BCUT2D eigenvalue weighted by Gasteiger charge is 2.35. The van der Waals surface area contributed by atoms with Crippen LogP contribution < -0.4 is 9.47 Å². The third kappa shape index (κ3) is 5.24. The van der Waals surface area contributed by atoms with Crippen molar-refractivity contribution in [1.82, 2.24) is 4.90 Å². The smallest absolute Gasteiger partial charge is 0.293 e. The van der Waals surface area contributed by atoms with Gasteiger partial charge in [0.2, 0.25) is 0 Å². The maximum absolute atomic E-state index is 13.0. The standard InChI is InChI=1S/C26H22ClNO4S/c1-17-7-5-8-18(13-17)15-28-25(29)23(33-26(28)30)14-19-10-6-12-22(31-2)24(19)32-16-20-9-3-4-11-21(20)27/h3-14H,15-16H2,1-2H3/b23-14-. The van der Waals surface area contributed by atoms with E-state index in [-0.39, 0.29) is 24.3 Å². The molecule has 0 spiro atoms. The fourth-order valence-corrected chi connectivity index (χ4v) is 4.52. The van der Waals surface area contributed by atoms with Crippen molar-refractivity contribution in [1.29, 1.82) is 0 Å². The van der Waals surface area contributed by atoms with Crippen LogP contribution in [0.2, 0.25) is 5.02 Å². The van der Waals surface area contributed by atoms with Crippen molar-refractivity contribution in [2.24, 2.45) is 0 Å². The number of carbonyl (C=O) groups is 2. The van der Waals surface area contributed by atoms with Gasteiger partial charge in [-0.3, -0.25) is 14.5 Å². The average molecular weight is 480 g/mol. The molecule has 33 heavy (non-hydrogen) atoms. The number of rotatable bonds is 7. The minimum atomic E-state index is -0.327. The highest BCUT2D eigenvalue weighted by molar-refractivity contribution is 8.18. The fourth-order valence-electron chi connectivity index (χ4n) is 3.50. The van der Waals surface area contributed by atoms with Crippen molar-refractivity contribution in [2.75, 3.05) is 7.11 Å². The Morgan fingerprint density at radius 1 is 1.03 bits per heavy atom. The molecule has 1 saturated heterocycles. The second kappa shape index (κ2) is 10.1. The Bertz CT molecular complexity index is 1240. The van der Waals surface area contributed by atoms with E-state index in [1.807, 2.05) is 61.5 Å². The lowest BCUT2D eigenvalue weighted by Gasteiger charge is -2.14. The van der Waals surface area contributed by atoms with Crippen molar-refractivity contribution in [3.05, 3.63) is 98.9 Å². The Labute approximate surface area is 202 Å². The lowest BCUT2D eigenvalue weighted by atomic mass is 10.1. The zero-order valence-corrected chi connectivity index (χ0v) is 19.8. The summed E-state index contributed by atoms with van der Waals surface area (Å²) < 4.78 is 11.5. The molecule has 3 aromatic rings. The van der Waals surface area contributed by atoms with E-state index in [0.717, 1.165) is 28.5 Å². The van der Waals surface area contributed by atoms with Gasteiger partial charge in [-0.05, 0) is 42.5 Å². The third-order valence-electron chi connectivity index (χ3n) is 5.14. The number of para-hydroxylation sites is 1. The first-order valence-corrected chi connectivity index (χ1v) is 11.5. The SMILES string of the molecule is COc1cccc(/C=C2\SC(=O)N(Cc3cccc(C)c3)C2=O)c1OCc1ccccc1Cl. The van der Waals surface area contributed by atoms with Crippen LogP contribution in [0.5, 0.6) is 11.5 Å². The van der Waals surface area contributed by atoms with Crippen LogP contribution >= 0.6 is 23.4 Å². The third-order valence-corrected chi connectivity index (χ3v) is 6.42. The summed E-state index contributed by atoms with van der Waals surface area (Å²) in [5, 5.41) is 0.306. The molecule has 0 aliphatic carbocycles. The van der Waals surface area contributed by atoms with E-state index < -0.39 is 0 Å². The first-order chi connectivity index (χ1) is 16.0. The lowest BCUT2D eigenvalue weighted by Crippen LogP contribution is -2.27. The largest absolute Gasteiger partial charge is 0.493 e. The van der Waals surface area contributed by atoms with Gasteiger partial charge in [0.15, 0.2) is 11.5 Å². The molecule has 1 fully saturated rings. The number of nitrogens with zero attached hydrogens (tertiary/aromatic N) is 1. The number of hydrogen-bond donors (Lipinski definition) is 0. The van der Waals surface area contributed by atoms with E-state index >= 15 is 0 Å². The number of imide groups is 1. The number of halogens is 1. The van der Waals surface area contributed by atoms with Gasteiger partial charge in [-0.25, -0.2) is 0 Å². The zero-order chi connectivity index (χ0) is 23.4. The van der Waals surface area contributed by atoms with Crippen LogP contribution in [0.25, 0.3) is 6.08 Å². The molecule has 3 aromatic carbocycles. The lowest BCUT2D eigenvalue weighted by molar-refractivity contribution is -0.123. The van der Waals surface area contributed by atoms with Gasteiger partial charge >= 0.3 is 0 Å². The number of aryl methyl sites for hydroxylation is 1. The summed E-state index contributed by atoms with van der Waals surface area (Å²) in [4.78, 5) is 27.2. The minimum Gasteiger partial charge on any atom is -0.493 e. The Balaban J connectivity index is 1.60. The number of hydrogen-bond acceptors (Lipinski definition) is 5. The second-order valence-corrected chi connectivity index (χ2v) is 8.92. The van der Waals surface area contributed by atoms with Gasteiger partial charge in [0.25, 0.3) is 11.1 Å². The molecule has 0 atom stereocenters. The summed E-state index contributed by atoms with van der Waals surface area (Å²) in [5.41, 5.74) is 3.45. The predicted octanol–water partition coefficient (Wildman–Crippen LogP) is 6.47. The molecule has 168 valence electrons. The zero-order valence-electron chi connectivity index (χ0n) is 18.2. The minimum absolute atomic E-state index is 0.232. The van der Waals surface area contributed by atoms with Crippen molar-refractivity contribution in [3.8, 4) is 11.5 Å². The molecule has 4 rings (SSSR count). The molecule has 1 aliphatic heterocycles. The quantitative estimate of drug-likeness (QED) is 0.363. The van der Waals surface area contributed by atoms with Crippen LogP contribution in [-0.4, -0.2) is 23.2 Å². The number of methoxy groups -OCH3 is 1.